The molecule has 0 aliphatic carbocycles. The van der Waals surface area contributed by atoms with Gasteiger partial charge in [0.25, 0.3) is 5.56 Å². The lowest BCUT2D eigenvalue weighted by Crippen LogP contribution is -2.27. The standard InChI is InChI=1S/C22H21N5O4/c1-14-6-4-5-7-17(14)27-21-16(11-24-27)22(29)26(13-23-21)12-20(28)25-15-8-9-18(30-2)19(10-15)31-3/h4-11,13H,12H2,1-3H3,(H,25,28). The molecule has 158 valence electrons. The smallest absolute Gasteiger partial charge is 0.264 e. The lowest BCUT2D eigenvalue weighted by Gasteiger charge is -2.11. The summed E-state index contributed by atoms with van der Waals surface area (Å²) in [7, 11) is 3.05. The first kappa shape index (κ1) is 20.1. The first-order valence-corrected chi connectivity index (χ1v) is 9.53. The number of hydrogen-bond donors (Lipinski definition) is 1. The number of para-hydroxylation sites is 1. The Balaban J connectivity index is 1.58. The summed E-state index contributed by atoms with van der Waals surface area (Å²) in [6.07, 6.45) is 2.83. The van der Waals surface area contributed by atoms with Gasteiger partial charge >= 0.3 is 0 Å². The SMILES string of the molecule is COc1ccc(NC(=O)Cn2cnc3c(cnn3-c3ccccc3C)c2=O)cc1OC. The fourth-order valence-corrected chi connectivity index (χ4v) is 3.31. The molecule has 0 fully saturated rings. The number of amides is 1. The molecule has 0 saturated carbocycles. The Morgan fingerprint density at radius 2 is 1.87 bits per heavy atom. The molecule has 9 nitrogen and oxygen atoms in total. The Bertz CT molecular complexity index is 1330. The van der Waals surface area contributed by atoms with Gasteiger partial charge in [0, 0.05) is 11.8 Å². The van der Waals surface area contributed by atoms with Gasteiger partial charge in [-0.1, -0.05) is 18.2 Å². The predicted molar refractivity (Wildman–Crippen MR) is 116 cm³/mol. The lowest BCUT2D eigenvalue weighted by atomic mass is 10.2. The van der Waals surface area contributed by atoms with Crippen LogP contribution in [0.4, 0.5) is 5.69 Å². The highest BCUT2D eigenvalue weighted by atomic mass is 16.5. The zero-order valence-corrected chi connectivity index (χ0v) is 17.3. The van der Waals surface area contributed by atoms with E-state index in [-0.39, 0.29) is 18.0 Å². The van der Waals surface area contributed by atoms with E-state index in [9.17, 15) is 9.59 Å². The first-order chi connectivity index (χ1) is 15.0. The van der Waals surface area contributed by atoms with E-state index in [1.807, 2.05) is 31.2 Å². The van der Waals surface area contributed by atoms with Gasteiger partial charge in [-0.3, -0.25) is 14.2 Å². The predicted octanol–water partition coefficient (Wildman–Crippen LogP) is 2.55. The number of fused-ring (bicyclic) bond motifs is 1. The zero-order chi connectivity index (χ0) is 22.0. The van der Waals surface area contributed by atoms with Crippen LogP contribution in [0.3, 0.4) is 0 Å². The summed E-state index contributed by atoms with van der Waals surface area (Å²) in [4.78, 5) is 29.8. The largest absolute Gasteiger partial charge is 0.493 e. The van der Waals surface area contributed by atoms with Crippen LogP contribution in [0.5, 0.6) is 11.5 Å². The van der Waals surface area contributed by atoms with Gasteiger partial charge in [-0.15, -0.1) is 0 Å². The van der Waals surface area contributed by atoms with Gasteiger partial charge < -0.3 is 14.8 Å². The molecule has 0 atom stereocenters. The van der Waals surface area contributed by atoms with Crippen LogP contribution in [0.1, 0.15) is 5.56 Å². The van der Waals surface area contributed by atoms with Gasteiger partial charge in [-0.05, 0) is 30.7 Å². The average Bonchev–Trinajstić information content (AvgIpc) is 3.20. The van der Waals surface area contributed by atoms with E-state index < -0.39 is 0 Å². The minimum absolute atomic E-state index is 0.189. The Morgan fingerprint density at radius 1 is 1.10 bits per heavy atom. The zero-order valence-electron chi connectivity index (χ0n) is 17.3. The molecule has 2 heterocycles. The molecule has 0 spiro atoms. The van der Waals surface area contributed by atoms with Crippen LogP contribution in [-0.4, -0.2) is 39.5 Å². The molecule has 0 bridgehead atoms. The molecule has 4 aromatic rings. The van der Waals surface area contributed by atoms with E-state index >= 15 is 0 Å². The Hall–Kier alpha value is -4.14. The van der Waals surface area contributed by atoms with Crippen molar-refractivity contribution in [3.8, 4) is 17.2 Å². The number of nitrogens with one attached hydrogen (secondary N) is 1. The highest BCUT2D eigenvalue weighted by Crippen LogP contribution is 2.29. The number of nitrogens with zero attached hydrogens (tertiary/aromatic N) is 4. The maximum Gasteiger partial charge on any atom is 0.264 e. The minimum Gasteiger partial charge on any atom is -0.493 e. The van der Waals surface area contributed by atoms with Gasteiger partial charge in [-0.2, -0.15) is 5.10 Å². The number of benzene rings is 2. The normalized spacial score (nSPS) is 10.8. The number of ether oxygens (including phenoxy) is 2. The Morgan fingerprint density at radius 3 is 2.61 bits per heavy atom. The quantitative estimate of drug-likeness (QED) is 0.516. The van der Waals surface area contributed by atoms with E-state index in [4.69, 9.17) is 9.47 Å². The van der Waals surface area contributed by atoms with Gasteiger partial charge in [-0.25, -0.2) is 9.67 Å². The molecule has 1 N–H and O–H groups in total. The van der Waals surface area contributed by atoms with Crippen molar-refractivity contribution in [3.63, 3.8) is 0 Å². The third kappa shape index (κ3) is 3.85. The molecule has 0 saturated heterocycles. The molecular weight excluding hydrogens is 398 g/mol. The molecule has 2 aromatic heterocycles. The van der Waals surface area contributed by atoms with Crippen molar-refractivity contribution >= 4 is 22.6 Å². The molecule has 0 aliphatic heterocycles. The Labute approximate surface area is 177 Å². The fraction of sp³-hybridized carbons (Fsp3) is 0.182. The van der Waals surface area contributed by atoms with E-state index in [1.54, 1.807) is 22.9 Å². The van der Waals surface area contributed by atoms with Crippen molar-refractivity contribution < 1.29 is 14.3 Å². The second-order valence-electron chi connectivity index (χ2n) is 6.88. The highest BCUT2D eigenvalue weighted by molar-refractivity contribution is 5.91. The minimum atomic E-state index is -0.373. The van der Waals surface area contributed by atoms with E-state index in [0.717, 1.165) is 11.3 Å². The number of aromatic nitrogens is 4. The number of methoxy groups -OCH3 is 2. The number of carbonyl (C=O) groups is 1. The van der Waals surface area contributed by atoms with Crippen LogP contribution in [0.25, 0.3) is 16.7 Å². The Kier molecular flexibility index (Phi) is 5.40. The molecule has 1 amide bonds. The molecule has 4 rings (SSSR count). The first-order valence-electron chi connectivity index (χ1n) is 9.53. The van der Waals surface area contributed by atoms with Crippen LogP contribution in [-0.2, 0) is 11.3 Å². The molecular formula is C22H21N5O4. The molecule has 9 heteroatoms. The number of anilines is 1. The number of rotatable bonds is 6. The van der Waals surface area contributed by atoms with E-state index in [0.29, 0.717) is 28.2 Å². The summed E-state index contributed by atoms with van der Waals surface area (Å²) >= 11 is 0. The lowest BCUT2D eigenvalue weighted by molar-refractivity contribution is -0.116. The molecule has 0 aliphatic rings. The van der Waals surface area contributed by atoms with Crippen molar-refractivity contribution in [1.82, 2.24) is 19.3 Å². The van der Waals surface area contributed by atoms with Gasteiger partial charge in [0.2, 0.25) is 5.91 Å². The number of hydrogen-bond acceptors (Lipinski definition) is 6. The summed E-state index contributed by atoms with van der Waals surface area (Å²) < 4.78 is 13.3. The topological polar surface area (TPSA) is 100 Å². The maximum atomic E-state index is 12.9. The highest BCUT2D eigenvalue weighted by Gasteiger charge is 2.14. The number of aryl methyl sites for hydroxylation is 1. The van der Waals surface area contributed by atoms with Crippen molar-refractivity contribution in [2.75, 3.05) is 19.5 Å². The fourth-order valence-electron chi connectivity index (χ4n) is 3.31. The second-order valence-corrected chi connectivity index (χ2v) is 6.88. The van der Waals surface area contributed by atoms with E-state index in [2.05, 4.69) is 15.4 Å². The van der Waals surface area contributed by atoms with Crippen LogP contribution in [0, 0.1) is 6.92 Å². The van der Waals surface area contributed by atoms with Crippen LogP contribution >= 0.6 is 0 Å². The second kappa shape index (κ2) is 8.31. The molecule has 0 radical (unpaired) electrons. The monoisotopic (exact) mass is 419 g/mol. The van der Waals surface area contributed by atoms with Gasteiger partial charge in [0.15, 0.2) is 17.1 Å². The molecule has 0 unspecified atom stereocenters. The molecule has 2 aromatic carbocycles. The summed E-state index contributed by atoms with van der Waals surface area (Å²) in [6, 6.07) is 12.7. The summed E-state index contributed by atoms with van der Waals surface area (Å²) in [5, 5.41) is 7.41. The molecule has 31 heavy (non-hydrogen) atoms. The van der Waals surface area contributed by atoms with Crippen molar-refractivity contribution in [2.24, 2.45) is 0 Å². The van der Waals surface area contributed by atoms with Crippen LogP contribution in [0.2, 0.25) is 0 Å². The summed E-state index contributed by atoms with van der Waals surface area (Å²) in [5.74, 6) is 0.669. The van der Waals surface area contributed by atoms with Crippen LogP contribution < -0.4 is 20.3 Å². The van der Waals surface area contributed by atoms with Crippen LogP contribution in [0.15, 0.2) is 59.8 Å². The van der Waals surface area contributed by atoms with Gasteiger partial charge in [0.1, 0.15) is 18.3 Å². The van der Waals surface area contributed by atoms with Crippen molar-refractivity contribution in [2.45, 2.75) is 13.5 Å². The number of carbonyl (C=O) groups excluding carboxylic acids is 1. The summed E-state index contributed by atoms with van der Waals surface area (Å²) in [5.41, 5.74) is 2.47. The van der Waals surface area contributed by atoms with Crippen molar-refractivity contribution in [3.05, 3.63) is 70.9 Å². The van der Waals surface area contributed by atoms with E-state index in [1.165, 1.54) is 31.3 Å². The third-order valence-corrected chi connectivity index (χ3v) is 4.88. The average molecular weight is 419 g/mol. The van der Waals surface area contributed by atoms with Crippen molar-refractivity contribution in [1.29, 1.82) is 0 Å². The van der Waals surface area contributed by atoms with Gasteiger partial charge in [0.05, 0.1) is 26.1 Å². The summed E-state index contributed by atoms with van der Waals surface area (Å²) in [6.45, 7) is 1.77. The third-order valence-electron chi connectivity index (χ3n) is 4.88. The maximum absolute atomic E-state index is 12.9.